The fourth-order valence-electron chi connectivity index (χ4n) is 4.03. The number of nitriles is 1. The Morgan fingerprint density at radius 3 is 2.66 bits per heavy atom. The monoisotopic (exact) mass is 458 g/mol. The first-order valence-corrected chi connectivity index (χ1v) is 9.94. The molecule has 0 radical (unpaired) electrons. The van der Waals surface area contributed by atoms with E-state index in [1.807, 2.05) is 0 Å². The number of pyridine rings is 1. The fourth-order valence-corrected chi connectivity index (χ4v) is 4.21. The highest BCUT2D eigenvalue weighted by Gasteiger charge is 2.41. The van der Waals surface area contributed by atoms with Crippen LogP contribution in [0.25, 0.3) is 27.5 Å². The molecule has 1 aliphatic heterocycles. The third-order valence-corrected chi connectivity index (χ3v) is 5.69. The zero-order valence-corrected chi connectivity index (χ0v) is 17.3. The van der Waals surface area contributed by atoms with Gasteiger partial charge in [0.2, 0.25) is 0 Å². The van der Waals surface area contributed by atoms with Crippen LogP contribution in [0.15, 0.2) is 30.6 Å². The van der Waals surface area contributed by atoms with E-state index in [9.17, 15) is 23.5 Å². The highest BCUT2D eigenvalue weighted by molar-refractivity contribution is 6.31. The molecule has 0 aliphatic carbocycles. The van der Waals surface area contributed by atoms with E-state index in [0.717, 1.165) is 15.3 Å². The minimum Gasteiger partial charge on any atom is -0.389 e. The van der Waals surface area contributed by atoms with Gasteiger partial charge in [0.25, 0.3) is 0 Å². The van der Waals surface area contributed by atoms with Crippen molar-refractivity contribution in [2.45, 2.75) is 19.2 Å². The number of rotatable bonds is 2. The van der Waals surface area contributed by atoms with Gasteiger partial charge in [-0.2, -0.15) is 28.0 Å². The van der Waals surface area contributed by atoms with Gasteiger partial charge in [-0.05, 0) is 24.4 Å². The van der Waals surface area contributed by atoms with Crippen molar-refractivity contribution in [1.82, 2.24) is 19.6 Å². The van der Waals surface area contributed by atoms with E-state index < -0.39 is 23.5 Å². The number of aliphatic hydroxyl groups is 1. The average Bonchev–Trinajstić information content (AvgIpc) is 3.08. The second-order valence-electron chi connectivity index (χ2n) is 7.58. The molecule has 1 saturated heterocycles. The minimum absolute atomic E-state index is 0.186. The van der Waals surface area contributed by atoms with Gasteiger partial charge in [-0.3, -0.25) is 4.98 Å². The molecule has 4 aromatic rings. The van der Waals surface area contributed by atoms with Crippen LogP contribution in [0.5, 0.6) is 0 Å². The van der Waals surface area contributed by atoms with Crippen molar-refractivity contribution in [3.8, 4) is 17.2 Å². The third-order valence-electron chi connectivity index (χ3n) is 5.45. The molecular formula is C21H14ClF3N6O. The van der Waals surface area contributed by atoms with Crippen LogP contribution < -0.4 is 4.90 Å². The number of fused-ring (bicyclic) bond motifs is 2. The number of aromatic nitrogens is 4. The molecule has 0 unspecified atom stereocenters. The SMILES string of the molecule is Cc1nc2c(C#N)c(C(F)(F)F)nn2c(N2CC(O)C2)c1-c1cncc2cc(Cl)ccc12. The van der Waals surface area contributed by atoms with Gasteiger partial charge in [-0.1, -0.05) is 17.7 Å². The minimum atomic E-state index is -4.82. The first-order chi connectivity index (χ1) is 15.2. The predicted octanol–water partition coefficient (Wildman–Crippen LogP) is 3.98. The predicted molar refractivity (Wildman–Crippen MR) is 111 cm³/mol. The fraction of sp³-hybridized carbons (Fsp3) is 0.238. The van der Waals surface area contributed by atoms with Crippen molar-refractivity contribution in [3.63, 3.8) is 0 Å². The van der Waals surface area contributed by atoms with Crippen LogP contribution in [-0.2, 0) is 6.18 Å². The molecule has 7 nitrogen and oxygen atoms in total. The lowest BCUT2D eigenvalue weighted by Gasteiger charge is -2.39. The van der Waals surface area contributed by atoms with Gasteiger partial charge in [-0.15, -0.1) is 0 Å². The molecule has 1 aliphatic rings. The molecular weight excluding hydrogens is 445 g/mol. The van der Waals surface area contributed by atoms with Gasteiger partial charge in [0.1, 0.15) is 17.5 Å². The molecule has 11 heteroatoms. The first kappa shape index (κ1) is 20.5. The van der Waals surface area contributed by atoms with Gasteiger partial charge in [-0.25, -0.2) is 4.98 Å². The summed E-state index contributed by atoms with van der Waals surface area (Å²) in [5.41, 5.74) is -0.570. The largest absolute Gasteiger partial charge is 0.436 e. The Kier molecular flexibility index (Phi) is 4.51. The smallest absolute Gasteiger partial charge is 0.389 e. The highest BCUT2D eigenvalue weighted by Crippen LogP contribution is 2.41. The second-order valence-corrected chi connectivity index (χ2v) is 8.01. The number of β-amino-alcohol motifs (C(OH)–C–C–N with tert-alkyl or cyclic N) is 1. The summed E-state index contributed by atoms with van der Waals surface area (Å²) in [6.07, 6.45) is -2.20. The highest BCUT2D eigenvalue weighted by atomic mass is 35.5. The molecule has 1 aromatic carbocycles. The number of benzene rings is 1. The lowest BCUT2D eigenvalue weighted by atomic mass is 9.98. The van der Waals surface area contributed by atoms with Gasteiger partial charge < -0.3 is 10.0 Å². The number of halogens is 4. The van der Waals surface area contributed by atoms with Crippen molar-refractivity contribution >= 4 is 33.8 Å². The van der Waals surface area contributed by atoms with Gasteiger partial charge in [0, 0.05) is 47.0 Å². The summed E-state index contributed by atoms with van der Waals surface area (Å²) in [4.78, 5) is 10.3. The molecule has 0 saturated carbocycles. The summed E-state index contributed by atoms with van der Waals surface area (Å²) >= 11 is 6.11. The van der Waals surface area contributed by atoms with Crippen LogP contribution in [0.4, 0.5) is 19.0 Å². The van der Waals surface area contributed by atoms with Crippen LogP contribution in [0, 0.1) is 18.3 Å². The van der Waals surface area contributed by atoms with E-state index in [4.69, 9.17) is 11.6 Å². The molecule has 0 atom stereocenters. The van der Waals surface area contributed by atoms with Crippen molar-refractivity contribution in [3.05, 3.63) is 52.6 Å². The second kappa shape index (κ2) is 7.05. The summed E-state index contributed by atoms with van der Waals surface area (Å²) in [5, 5.41) is 25.1. The molecule has 1 N–H and O–H groups in total. The lowest BCUT2D eigenvalue weighted by molar-refractivity contribution is -0.141. The maximum absolute atomic E-state index is 13.6. The number of aliphatic hydroxyl groups excluding tert-OH is 1. The maximum atomic E-state index is 13.6. The third kappa shape index (κ3) is 3.04. The number of aryl methyl sites for hydroxylation is 1. The van der Waals surface area contributed by atoms with Crippen LogP contribution in [0.3, 0.4) is 0 Å². The Labute approximate surface area is 184 Å². The van der Waals surface area contributed by atoms with Crippen molar-refractivity contribution in [2.75, 3.05) is 18.0 Å². The number of anilines is 1. The average molecular weight is 459 g/mol. The topological polar surface area (TPSA) is 90.3 Å². The quantitative estimate of drug-likeness (QED) is 0.488. The molecule has 5 rings (SSSR count). The molecule has 162 valence electrons. The molecule has 1 fully saturated rings. The summed E-state index contributed by atoms with van der Waals surface area (Å²) in [5.74, 6) is 0.314. The molecule has 3 aromatic heterocycles. The number of nitrogens with zero attached hydrogens (tertiary/aromatic N) is 6. The summed E-state index contributed by atoms with van der Waals surface area (Å²) < 4.78 is 41.9. The Hall–Kier alpha value is -3.42. The van der Waals surface area contributed by atoms with Crippen LogP contribution in [0.2, 0.25) is 5.02 Å². The Morgan fingerprint density at radius 2 is 2.00 bits per heavy atom. The molecule has 0 spiro atoms. The first-order valence-electron chi connectivity index (χ1n) is 9.56. The van der Waals surface area contributed by atoms with E-state index in [1.54, 1.807) is 48.5 Å². The number of hydrogen-bond acceptors (Lipinski definition) is 6. The van der Waals surface area contributed by atoms with E-state index >= 15 is 0 Å². The molecule has 4 heterocycles. The van der Waals surface area contributed by atoms with Gasteiger partial charge >= 0.3 is 6.18 Å². The normalized spacial score (nSPS) is 14.7. The number of hydrogen-bond donors (Lipinski definition) is 1. The van der Waals surface area contributed by atoms with Crippen LogP contribution >= 0.6 is 11.6 Å². The summed E-state index contributed by atoms with van der Waals surface area (Å²) in [6, 6.07) is 6.86. The number of alkyl halides is 3. The molecule has 0 amide bonds. The molecule has 0 bridgehead atoms. The van der Waals surface area contributed by atoms with E-state index in [1.165, 1.54) is 0 Å². The lowest BCUT2D eigenvalue weighted by Crippen LogP contribution is -2.51. The maximum Gasteiger partial charge on any atom is 0.436 e. The Balaban J connectivity index is 1.90. The van der Waals surface area contributed by atoms with E-state index in [-0.39, 0.29) is 18.7 Å². The van der Waals surface area contributed by atoms with Gasteiger partial charge in [0.15, 0.2) is 11.3 Å². The Morgan fingerprint density at radius 1 is 1.25 bits per heavy atom. The summed E-state index contributed by atoms with van der Waals surface area (Å²) in [6.45, 7) is 2.07. The van der Waals surface area contributed by atoms with Gasteiger partial charge in [0.05, 0.1) is 11.8 Å². The zero-order chi connectivity index (χ0) is 22.8. The van der Waals surface area contributed by atoms with Crippen molar-refractivity contribution in [2.24, 2.45) is 0 Å². The van der Waals surface area contributed by atoms with Crippen molar-refractivity contribution < 1.29 is 18.3 Å². The molecule has 32 heavy (non-hydrogen) atoms. The standard InChI is InChI=1S/C21H14ClF3N6O/c1-10-17(16-7-27-6-11-4-12(22)2-3-14(11)16)20(30-8-13(32)9-30)31-19(28-10)15(5-26)18(29-31)21(23,24)25/h2-4,6-7,13,32H,8-9H2,1H3. The van der Waals surface area contributed by atoms with E-state index in [2.05, 4.69) is 15.1 Å². The Bertz CT molecular complexity index is 1440. The van der Waals surface area contributed by atoms with Crippen molar-refractivity contribution in [1.29, 1.82) is 5.26 Å². The van der Waals surface area contributed by atoms with E-state index in [0.29, 0.717) is 27.7 Å². The van der Waals surface area contributed by atoms with Crippen LogP contribution in [0.1, 0.15) is 17.0 Å². The summed E-state index contributed by atoms with van der Waals surface area (Å²) in [7, 11) is 0. The van der Waals surface area contributed by atoms with Crippen LogP contribution in [-0.4, -0.2) is 43.9 Å². The zero-order valence-electron chi connectivity index (χ0n) is 16.5.